The van der Waals surface area contributed by atoms with Crippen LogP contribution >= 0.6 is 0 Å². The minimum atomic E-state index is -0.838. The van der Waals surface area contributed by atoms with Gasteiger partial charge in [-0.1, -0.05) is 31.5 Å². The minimum absolute atomic E-state index is 0.643. The first-order chi connectivity index (χ1) is 8.47. The fourth-order valence-corrected chi connectivity index (χ4v) is 2.50. The number of hydrogen-bond donors (Lipinski definition) is 1. The lowest BCUT2D eigenvalue weighted by molar-refractivity contribution is -0.143. The fourth-order valence-electron chi connectivity index (χ4n) is 2.50. The zero-order valence-corrected chi connectivity index (χ0v) is 11.7. The first-order valence-corrected chi connectivity index (χ1v) is 6.54. The quantitative estimate of drug-likeness (QED) is 0.839. The lowest BCUT2D eigenvalue weighted by atomic mass is 9.92. The van der Waals surface area contributed by atoms with Crippen LogP contribution in [0.1, 0.15) is 39.2 Å². The molecule has 0 fully saturated rings. The van der Waals surface area contributed by atoms with Gasteiger partial charge in [-0.25, -0.2) is 4.79 Å². The van der Waals surface area contributed by atoms with Gasteiger partial charge in [-0.05, 0) is 38.8 Å². The average molecular weight is 249 g/mol. The highest BCUT2D eigenvalue weighted by atomic mass is 16.4. The van der Waals surface area contributed by atoms with Crippen LogP contribution in [-0.2, 0) is 4.79 Å². The Morgan fingerprint density at radius 2 is 1.94 bits per heavy atom. The summed E-state index contributed by atoms with van der Waals surface area (Å²) in [6, 6.07) is 7.95. The van der Waals surface area contributed by atoms with E-state index >= 15 is 0 Å². The average Bonchev–Trinajstić information content (AvgIpc) is 2.32. The number of likely N-dealkylation sites (N-methyl/N-ethyl adjacent to an activating group) is 1. The summed E-state index contributed by atoms with van der Waals surface area (Å²) < 4.78 is 0. The van der Waals surface area contributed by atoms with Gasteiger partial charge in [-0.2, -0.15) is 0 Å². The van der Waals surface area contributed by atoms with Gasteiger partial charge in [0.2, 0.25) is 0 Å². The molecule has 0 aromatic heterocycles. The maximum absolute atomic E-state index is 11.7. The molecule has 0 bridgehead atoms. The van der Waals surface area contributed by atoms with Crippen molar-refractivity contribution >= 4 is 11.7 Å². The molecule has 0 amide bonds. The molecule has 0 spiro atoms. The van der Waals surface area contributed by atoms with Crippen LogP contribution in [0.2, 0.25) is 0 Å². The maximum atomic E-state index is 11.7. The molecule has 0 aliphatic heterocycles. The number of para-hydroxylation sites is 1. The van der Waals surface area contributed by atoms with Crippen molar-refractivity contribution in [2.75, 3.05) is 11.4 Å². The maximum Gasteiger partial charge on any atom is 0.329 e. The highest BCUT2D eigenvalue weighted by Crippen LogP contribution is 2.30. The highest BCUT2D eigenvalue weighted by molar-refractivity contribution is 5.83. The van der Waals surface area contributed by atoms with E-state index in [4.69, 9.17) is 0 Å². The second-order valence-electron chi connectivity index (χ2n) is 4.86. The number of aryl methyl sites for hydroxylation is 1. The molecule has 0 saturated carbocycles. The van der Waals surface area contributed by atoms with Gasteiger partial charge in [0.05, 0.1) is 0 Å². The summed E-state index contributed by atoms with van der Waals surface area (Å²) in [6.07, 6.45) is 1.50. The van der Waals surface area contributed by atoms with Crippen LogP contribution in [0.15, 0.2) is 24.3 Å². The monoisotopic (exact) mass is 249 g/mol. The normalized spacial score (nSPS) is 14.0. The number of carboxylic acids is 1. The molecule has 0 heterocycles. The molecule has 1 N–H and O–H groups in total. The lowest BCUT2D eigenvalue weighted by Crippen LogP contribution is -2.53. The van der Waals surface area contributed by atoms with E-state index in [1.165, 1.54) is 0 Å². The molecule has 18 heavy (non-hydrogen) atoms. The van der Waals surface area contributed by atoms with Crippen molar-refractivity contribution in [3.05, 3.63) is 29.8 Å². The zero-order valence-electron chi connectivity index (χ0n) is 11.7. The Balaban J connectivity index is 3.23. The Bertz CT molecular complexity index is 417. The van der Waals surface area contributed by atoms with Gasteiger partial charge >= 0.3 is 5.97 Å². The Labute approximate surface area is 109 Å². The Morgan fingerprint density at radius 3 is 2.39 bits per heavy atom. The number of aliphatic carboxylic acids is 1. The van der Waals surface area contributed by atoms with Crippen molar-refractivity contribution in [2.45, 2.75) is 46.1 Å². The Kier molecular flexibility index (Phi) is 4.76. The summed E-state index contributed by atoms with van der Waals surface area (Å²) >= 11 is 0. The number of carbonyl (C=O) groups is 1. The highest BCUT2D eigenvalue weighted by Gasteiger charge is 2.38. The van der Waals surface area contributed by atoms with E-state index in [0.29, 0.717) is 13.0 Å². The van der Waals surface area contributed by atoms with E-state index in [0.717, 1.165) is 17.7 Å². The first kappa shape index (κ1) is 14.6. The van der Waals surface area contributed by atoms with Crippen LogP contribution in [0, 0.1) is 6.92 Å². The second kappa shape index (κ2) is 5.89. The minimum Gasteiger partial charge on any atom is -0.480 e. The van der Waals surface area contributed by atoms with Gasteiger partial charge in [0.1, 0.15) is 5.54 Å². The smallest absolute Gasteiger partial charge is 0.329 e. The molecular formula is C15H23NO2. The van der Waals surface area contributed by atoms with Crippen molar-refractivity contribution in [2.24, 2.45) is 0 Å². The molecule has 1 aromatic carbocycles. The third-order valence-electron chi connectivity index (χ3n) is 3.52. The van der Waals surface area contributed by atoms with Crippen LogP contribution < -0.4 is 4.90 Å². The number of nitrogens with zero attached hydrogens (tertiary/aromatic N) is 1. The van der Waals surface area contributed by atoms with Crippen LogP contribution in [0.4, 0.5) is 5.69 Å². The van der Waals surface area contributed by atoms with Crippen molar-refractivity contribution in [1.29, 1.82) is 0 Å². The number of anilines is 1. The molecule has 1 unspecified atom stereocenters. The second-order valence-corrected chi connectivity index (χ2v) is 4.86. The number of carboxylic acid groups (broad SMARTS) is 1. The van der Waals surface area contributed by atoms with Crippen molar-refractivity contribution in [1.82, 2.24) is 0 Å². The predicted molar refractivity (Wildman–Crippen MR) is 75.1 cm³/mol. The third-order valence-corrected chi connectivity index (χ3v) is 3.52. The summed E-state index contributed by atoms with van der Waals surface area (Å²) in [5.41, 5.74) is 1.29. The SMILES string of the molecule is CCCC(C)(C(=O)O)N(CC)c1ccccc1C. The molecule has 3 nitrogen and oxygen atoms in total. The van der Waals surface area contributed by atoms with E-state index in [1.807, 2.05) is 56.9 Å². The molecule has 3 heteroatoms. The summed E-state index contributed by atoms with van der Waals surface area (Å²) in [5, 5.41) is 9.58. The van der Waals surface area contributed by atoms with E-state index < -0.39 is 11.5 Å². The van der Waals surface area contributed by atoms with Crippen molar-refractivity contribution in [3.8, 4) is 0 Å². The Hall–Kier alpha value is -1.51. The molecule has 1 aromatic rings. The summed E-state index contributed by atoms with van der Waals surface area (Å²) in [4.78, 5) is 13.6. The Morgan fingerprint density at radius 1 is 1.33 bits per heavy atom. The largest absolute Gasteiger partial charge is 0.480 e. The van der Waals surface area contributed by atoms with E-state index in [1.54, 1.807) is 0 Å². The van der Waals surface area contributed by atoms with E-state index in [9.17, 15) is 9.90 Å². The molecular weight excluding hydrogens is 226 g/mol. The molecule has 0 aliphatic rings. The number of benzene rings is 1. The van der Waals surface area contributed by atoms with Crippen LogP contribution in [0.3, 0.4) is 0 Å². The summed E-state index contributed by atoms with van der Waals surface area (Å²) in [7, 11) is 0. The molecule has 100 valence electrons. The van der Waals surface area contributed by atoms with Crippen molar-refractivity contribution in [3.63, 3.8) is 0 Å². The van der Waals surface area contributed by atoms with Gasteiger partial charge in [0.15, 0.2) is 0 Å². The third kappa shape index (κ3) is 2.66. The molecule has 0 radical (unpaired) electrons. The molecule has 1 rings (SSSR count). The predicted octanol–water partition coefficient (Wildman–Crippen LogP) is 3.46. The van der Waals surface area contributed by atoms with Crippen LogP contribution in [0.5, 0.6) is 0 Å². The lowest BCUT2D eigenvalue weighted by Gasteiger charge is -2.40. The van der Waals surface area contributed by atoms with Crippen molar-refractivity contribution < 1.29 is 9.90 Å². The number of hydrogen-bond acceptors (Lipinski definition) is 2. The van der Waals surface area contributed by atoms with E-state index in [2.05, 4.69) is 0 Å². The van der Waals surface area contributed by atoms with Crippen LogP contribution in [0.25, 0.3) is 0 Å². The number of rotatable bonds is 6. The van der Waals surface area contributed by atoms with E-state index in [-0.39, 0.29) is 0 Å². The van der Waals surface area contributed by atoms with Gasteiger partial charge < -0.3 is 10.0 Å². The van der Waals surface area contributed by atoms with Gasteiger partial charge in [-0.3, -0.25) is 0 Å². The topological polar surface area (TPSA) is 40.5 Å². The summed E-state index contributed by atoms with van der Waals surface area (Å²) in [5.74, 6) is -0.755. The molecule has 0 saturated heterocycles. The van der Waals surface area contributed by atoms with Gasteiger partial charge in [0, 0.05) is 12.2 Å². The van der Waals surface area contributed by atoms with Crippen LogP contribution in [-0.4, -0.2) is 23.2 Å². The first-order valence-electron chi connectivity index (χ1n) is 6.54. The molecule has 1 atom stereocenters. The summed E-state index contributed by atoms with van der Waals surface area (Å²) in [6.45, 7) is 8.55. The molecule has 0 aliphatic carbocycles. The van der Waals surface area contributed by atoms with Gasteiger partial charge in [0.25, 0.3) is 0 Å². The fraction of sp³-hybridized carbons (Fsp3) is 0.533. The zero-order chi connectivity index (χ0) is 13.8. The standard InChI is InChI=1S/C15H23NO2/c1-5-11-15(4,14(17)18)16(6-2)13-10-8-7-9-12(13)3/h7-10H,5-6,11H2,1-4H3,(H,17,18). The van der Waals surface area contributed by atoms with Gasteiger partial charge in [-0.15, -0.1) is 0 Å².